The summed E-state index contributed by atoms with van der Waals surface area (Å²) in [5.41, 5.74) is 2.17. The zero-order valence-electron chi connectivity index (χ0n) is 16.0. The topological polar surface area (TPSA) is 47.4 Å². The third-order valence-corrected chi connectivity index (χ3v) is 4.66. The number of nitrogens with zero attached hydrogens (tertiary/aromatic N) is 3. The SMILES string of the molecule is CCOC(=O)c1nn(CC(C)C)c2c1CN(Cc1c(F)cccc1F)CC2. The van der Waals surface area contributed by atoms with Crippen molar-refractivity contribution in [1.82, 2.24) is 14.7 Å². The van der Waals surface area contributed by atoms with Crippen molar-refractivity contribution in [3.05, 3.63) is 52.3 Å². The van der Waals surface area contributed by atoms with Gasteiger partial charge in [0.1, 0.15) is 11.6 Å². The van der Waals surface area contributed by atoms with Gasteiger partial charge in [0.25, 0.3) is 0 Å². The summed E-state index contributed by atoms with van der Waals surface area (Å²) in [6.07, 6.45) is 0.671. The lowest BCUT2D eigenvalue weighted by Crippen LogP contribution is -2.32. The third-order valence-electron chi connectivity index (χ3n) is 4.66. The van der Waals surface area contributed by atoms with Crippen molar-refractivity contribution in [3.63, 3.8) is 0 Å². The molecular weight excluding hydrogens is 352 g/mol. The normalized spacial score (nSPS) is 14.4. The van der Waals surface area contributed by atoms with E-state index in [1.807, 2.05) is 9.58 Å². The number of esters is 1. The maximum atomic E-state index is 14.0. The van der Waals surface area contributed by atoms with E-state index >= 15 is 0 Å². The predicted octanol–water partition coefficient (Wildman–Crippen LogP) is 3.55. The molecule has 1 aromatic heterocycles. The molecule has 0 radical (unpaired) electrons. The van der Waals surface area contributed by atoms with Gasteiger partial charge in [-0.05, 0) is 25.0 Å². The van der Waals surface area contributed by atoms with Gasteiger partial charge in [0, 0.05) is 49.4 Å². The van der Waals surface area contributed by atoms with E-state index in [2.05, 4.69) is 18.9 Å². The summed E-state index contributed by atoms with van der Waals surface area (Å²) < 4.78 is 35.0. The van der Waals surface area contributed by atoms with Crippen molar-refractivity contribution in [2.24, 2.45) is 5.92 Å². The minimum atomic E-state index is -0.554. The highest BCUT2D eigenvalue weighted by atomic mass is 19.1. The lowest BCUT2D eigenvalue weighted by Gasteiger charge is -2.28. The monoisotopic (exact) mass is 377 g/mol. The van der Waals surface area contributed by atoms with Crippen molar-refractivity contribution >= 4 is 5.97 Å². The number of hydrogen-bond donors (Lipinski definition) is 0. The van der Waals surface area contributed by atoms with E-state index in [4.69, 9.17) is 4.74 Å². The Kier molecular flexibility index (Phi) is 5.89. The highest BCUT2D eigenvalue weighted by Crippen LogP contribution is 2.26. The van der Waals surface area contributed by atoms with Gasteiger partial charge in [-0.1, -0.05) is 19.9 Å². The van der Waals surface area contributed by atoms with Crippen LogP contribution < -0.4 is 0 Å². The van der Waals surface area contributed by atoms with Gasteiger partial charge < -0.3 is 4.74 Å². The zero-order chi connectivity index (χ0) is 19.6. The summed E-state index contributed by atoms with van der Waals surface area (Å²) in [6.45, 7) is 8.13. The summed E-state index contributed by atoms with van der Waals surface area (Å²) in [4.78, 5) is 14.3. The molecule has 0 fully saturated rings. The second-order valence-corrected chi connectivity index (χ2v) is 7.23. The fourth-order valence-electron chi connectivity index (χ4n) is 3.45. The molecule has 0 saturated heterocycles. The lowest BCUT2D eigenvalue weighted by molar-refractivity contribution is 0.0515. The van der Waals surface area contributed by atoms with E-state index < -0.39 is 17.6 Å². The molecule has 0 unspecified atom stereocenters. The number of halogens is 2. The summed E-state index contributed by atoms with van der Waals surface area (Å²) in [5.74, 6) is -1.17. The average molecular weight is 377 g/mol. The van der Waals surface area contributed by atoms with Gasteiger partial charge in [0.2, 0.25) is 0 Å². The number of ether oxygens (including phenoxy) is 1. The quantitative estimate of drug-likeness (QED) is 0.723. The summed E-state index contributed by atoms with van der Waals surface area (Å²) in [7, 11) is 0. The highest BCUT2D eigenvalue weighted by molar-refractivity contribution is 5.89. The van der Waals surface area contributed by atoms with E-state index in [9.17, 15) is 13.6 Å². The maximum absolute atomic E-state index is 14.0. The summed E-state index contributed by atoms with van der Waals surface area (Å²) in [5, 5.41) is 4.49. The average Bonchev–Trinajstić information content (AvgIpc) is 2.96. The van der Waals surface area contributed by atoms with Gasteiger partial charge in [0.15, 0.2) is 5.69 Å². The maximum Gasteiger partial charge on any atom is 0.359 e. The molecule has 0 bridgehead atoms. The first-order valence-corrected chi connectivity index (χ1v) is 9.31. The largest absolute Gasteiger partial charge is 0.461 e. The molecule has 2 heterocycles. The van der Waals surface area contributed by atoms with Gasteiger partial charge in [-0.2, -0.15) is 5.10 Å². The van der Waals surface area contributed by atoms with Crippen molar-refractivity contribution in [2.75, 3.05) is 13.2 Å². The van der Waals surface area contributed by atoms with Crippen molar-refractivity contribution in [3.8, 4) is 0 Å². The highest BCUT2D eigenvalue weighted by Gasteiger charge is 2.29. The lowest BCUT2D eigenvalue weighted by atomic mass is 10.0. The van der Waals surface area contributed by atoms with E-state index in [-0.39, 0.29) is 18.7 Å². The van der Waals surface area contributed by atoms with Crippen LogP contribution in [-0.4, -0.2) is 33.8 Å². The number of benzene rings is 1. The number of carbonyl (C=O) groups is 1. The Balaban J connectivity index is 1.89. The van der Waals surface area contributed by atoms with Crippen LogP contribution in [-0.2, 0) is 30.8 Å². The Morgan fingerprint density at radius 3 is 2.63 bits per heavy atom. The van der Waals surface area contributed by atoms with Crippen molar-refractivity contribution < 1.29 is 18.3 Å². The van der Waals surface area contributed by atoms with E-state index in [1.165, 1.54) is 18.2 Å². The Labute approximate surface area is 157 Å². The smallest absolute Gasteiger partial charge is 0.359 e. The second-order valence-electron chi connectivity index (χ2n) is 7.23. The zero-order valence-corrected chi connectivity index (χ0v) is 16.0. The van der Waals surface area contributed by atoms with Crippen molar-refractivity contribution in [1.29, 1.82) is 0 Å². The third kappa shape index (κ3) is 4.18. The Morgan fingerprint density at radius 1 is 1.30 bits per heavy atom. The van der Waals surface area contributed by atoms with Crippen LogP contribution in [0.3, 0.4) is 0 Å². The summed E-state index contributed by atoms with van der Waals surface area (Å²) >= 11 is 0. The molecular formula is C20H25F2N3O2. The molecule has 0 saturated carbocycles. The molecule has 27 heavy (non-hydrogen) atoms. The molecule has 0 aliphatic carbocycles. The Morgan fingerprint density at radius 2 is 2.00 bits per heavy atom. The van der Waals surface area contributed by atoms with Crippen LogP contribution in [0.25, 0.3) is 0 Å². The van der Waals surface area contributed by atoms with E-state index in [1.54, 1.807) is 6.92 Å². The van der Waals surface area contributed by atoms with Crippen LogP contribution in [0.2, 0.25) is 0 Å². The second kappa shape index (κ2) is 8.17. The van der Waals surface area contributed by atoms with E-state index in [0.29, 0.717) is 37.7 Å². The molecule has 1 aliphatic heterocycles. The van der Waals surface area contributed by atoms with Crippen LogP contribution in [0.4, 0.5) is 8.78 Å². The molecule has 1 aromatic carbocycles. The minimum absolute atomic E-state index is 0.0493. The molecule has 0 spiro atoms. The molecule has 7 heteroatoms. The number of fused-ring (bicyclic) bond motifs is 1. The molecule has 2 aromatic rings. The molecule has 146 valence electrons. The first kappa shape index (κ1) is 19.5. The van der Waals surface area contributed by atoms with Crippen LogP contribution in [0, 0.1) is 17.6 Å². The minimum Gasteiger partial charge on any atom is -0.461 e. The van der Waals surface area contributed by atoms with Crippen LogP contribution in [0.15, 0.2) is 18.2 Å². The first-order chi connectivity index (χ1) is 12.9. The van der Waals surface area contributed by atoms with Crippen LogP contribution in [0.5, 0.6) is 0 Å². The molecule has 5 nitrogen and oxygen atoms in total. The van der Waals surface area contributed by atoms with Gasteiger partial charge in [-0.3, -0.25) is 9.58 Å². The van der Waals surface area contributed by atoms with Gasteiger partial charge >= 0.3 is 5.97 Å². The first-order valence-electron chi connectivity index (χ1n) is 9.31. The fraction of sp³-hybridized carbons (Fsp3) is 0.500. The van der Waals surface area contributed by atoms with Gasteiger partial charge in [-0.25, -0.2) is 13.6 Å². The molecule has 0 amide bonds. The number of aromatic nitrogens is 2. The van der Waals surface area contributed by atoms with Gasteiger partial charge in [-0.15, -0.1) is 0 Å². The van der Waals surface area contributed by atoms with Crippen molar-refractivity contribution in [2.45, 2.75) is 46.8 Å². The Hall–Kier alpha value is -2.28. The predicted molar refractivity (Wildman–Crippen MR) is 97.2 cm³/mol. The number of rotatable bonds is 6. The fourth-order valence-corrected chi connectivity index (χ4v) is 3.45. The Bertz CT molecular complexity index is 813. The van der Waals surface area contributed by atoms with Crippen LogP contribution in [0.1, 0.15) is 48.1 Å². The van der Waals surface area contributed by atoms with E-state index in [0.717, 1.165) is 11.3 Å². The van der Waals surface area contributed by atoms with Crippen LogP contribution >= 0.6 is 0 Å². The van der Waals surface area contributed by atoms with Gasteiger partial charge in [0.05, 0.1) is 6.61 Å². The molecule has 0 N–H and O–H groups in total. The molecule has 3 rings (SSSR count). The summed E-state index contributed by atoms with van der Waals surface area (Å²) in [6, 6.07) is 3.88. The molecule has 1 aliphatic rings. The number of hydrogen-bond acceptors (Lipinski definition) is 4. The standard InChI is InChI=1S/C20H25F2N3O2/c1-4-27-20(26)19-15-12-24(11-14-16(21)6-5-7-17(14)22)9-8-18(15)25(23-19)10-13(2)3/h5-7,13H,4,8-12H2,1-3H3. The number of carbonyl (C=O) groups excluding carboxylic acids is 1. The molecule has 0 atom stereocenters.